The van der Waals surface area contributed by atoms with E-state index < -0.39 is 29.9 Å². The van der Waals surface area contributed by atoms with E-state index in [1.807, 2.05) is 0 Å². The van der Waals surface area contributed by atoms with Crippen LogP contribution in [0.1, 0.15) is 63.2 Å². The van der Waals surface area contributed by atoms with E-state index in [0.717, 1.165) is 11.3 Å². The first-order chi connectivity index (χ1) is 13.5. The van der Waals surface area contributed by atoms with Gasteiger partial charge in [0.1, 0.15) is 10.7 Å². The molecular weight excluding hydrogens is 398 g/mol. The second-order valence-corrected chi connectivity index (χ2v) is 7.56. The number of aromatic amines is 1. The average molecular weight is 421 g/mol. The van der Waals surface area contributed by atoms with Gasteiger partial charge in [-0.3, -0.25) is 9.59 Å². The molecule has 0 spiro atoms. The number of rotatable bonds is 7. The molecule has 0 aliphatic carbocycles. The summed E-state index contributed by atoms with van der Waals surface area (Å²) in [6.45, 7) is 8.07. The predicted molar refractivity (Wildman–Crippen MR) is 107 cm³/mol. The van der Waals surface area contributed by atoms with Crippen molar-refractivity contribution in [2.75, 3.05) is 5.32 Å². The van der Waals surface area contributed by atoms with E-state index in [-0.39, 0.29) is 27.9 Å². The monoisotopic (exact) mass is 421 g/mol. The van der Waals surface area contributed by atoms with Crippen molar-refractivity contribution >= 4 is 40.1 Å². The number of nitrogens with one attached hydrogen (secondary N) is 2. The van der Waals surface area contributed by atoms with Gasteiger partial charge < -0.3 is 25.5 Å². The van der Waals surface area contributed by atoms with Gasteiger partial charge in [0.2, 0.25) is 0 Å². The number of carbonyl (C=O) groups excluding carboxylic acids is 4. The van der Waals surface area contributed by atoms with E-state index in [0.29, 0.717) is 11.3 Å². The molecule has 0 radical (unpaired) electrons. The SMILES string of the molecule is Cc1[nH]c(C(=O)OC(C)C(=O)Nc2sccc2C(N)=O)c(C)c1C(=O)OC(C)C. The lowest BCUT2D eigenvalue weighted by atomic mass is 10.1. The molecule has 9 nitrogen and oxygen atoms in total. The number of esters is 2. The number of primary amides is 1. The molecule has 2 aromatic heterocycles. The van der Waals surface area contributed by atoms with E-state index in [2.05, 4.69) is 10.3 Å². The quantitative estimate of drug-likeness (QED) is 0.587. The van der Waals surface area contributed by atoms with Gasteiger partial charge in [0.25, 0.3) is 11.8 Å². The Morgan fingerprint density at radius 3 is 2.34 bits per heavy atom. The van der Waals surface area contributed by atoms with Crippen LogP contribution in [-0.4, -0.2) is 40.9 Å². The van der Waals surface area contributed by atoms with Crippen molar-refractivity contribution in [3.63, 3.8) is 0 Å². The fourth-order valence-electron chi connectivity index (χ4n) is 2.62. The highest BCUT2D eigenvalue weighted by atomic mass is 32.1. The molecule has 0 aliphatic heterocycles. The van der Waals surface area contributed by atoms with Crippen LogP contribution >= 0.6 is 11.3 Å². The lowest BCUT2D eigenvalue weighted by Gasteiger charge is -2.13. The highest BCUT2D eigenvalue weighted by Gasteiger charge is 2.27. The van der Waals surface area contributed by atoms with E-state index >= 15 is 0 Å². The maximum atomic E-state index is 12.5. The minimum Gasteiger partial charge on any atom is -0.459 e. The molecule has 0 saturated carbocycles. The van der Waals surface area contributed by atoms with Crippen LogP contribution in [0.4, 0.5) is 5.00 Å². The molecule has 1 atom stereocenters. The molecule has 0 fully saturated rings. The summed E-state index contributed by atoms with van der Waals surface area (Å²) >= 11 is 1.12. The summed E-state index contributed by atoms with van der Waals surface area (Å²) in [5.74, 6) is -2.64. The molecule has 0 aliphatic rings. The van der Waals surface area contributed by atoms with Crippen LogP contribution in [0, 0.1) is 13.8 Å². The first-order valence-corrected chi connectivity index (χ1v) is 9.70. The first-order valence-electron chi connectivity index (χ1n) is 8.82. The number of nitrogens with two attached hydrogens (primary N) is 1. The number of H-pyrrole nitrogens is 1. The third-order valence-corrected chi connectivity index (χ3v) is 4.84. The fourth-order valence-corrected chi connectivity index (χ4v) is 3.42. The molecule has 0 bridgehead atoms. The van der Waals surface area contributed by atoms with Gasteiger partial charge in [-0.15, -0.1) is 11.3 Å². The third kappa shape index (κ3) is 5.02. The van der Waals surface area contributed by atoms with Crippen LogP contribution in [0.5, 0.6) is 0 Å². The van der Waals surface area contributed by atoms with Crippen LogP contribution in [0.15, 0.2) is 11.4 Å². The van der Waals surface area contributed by atoms with Crippen molar-refractivity contribution in [3.8, 4) is 0 Å². The normalized spacial score (nSPS) is 11.8. The number of thiophene rings is 1. The van der Waals surface area contributed by atoms with Gasteiger partial charge in [-0.1, -0.05) is 0 Å². The molecule has 2 heterocycles. The van der Waals surface area contributed by atoms with Gasteiger partial charge in [-0.05, 0) is 51.6 Å². The van der Waals surface area contributed by atoms with Crippen LogP contribution in [0.3, 0.4) is 0 Å². The Hall–Kier alpha value is -3.14. The Bertz CT molecular complexity index is 959. The van der Waals surface area contributed by atoms with Gasteiger partial charge >= 0.3 is 11.9 Å². The largest absolute Gasteiger partial charge is 0.459 e. The summed E-state index contributed by atoms with van der Waals surface area (Å²) in [4.78, 5) is 51.2. The fraction of sp³-hybridized carbons (Fsp3) is 0.368. The lowest BCUT2D eigenvalue weighted by Crippen LogP contribution is -2.30. The molecule has 0 saturated heterocycles. The van der Waals surface area contributed by atoms with Gasteiger partial charge in [0.05, 0.1) is 17.2 Å². The number of hydrogen-bond acceptors (Lipinski definition) is 7. The number of aromatic nitrogens is 1. The number of anilines is 1. The predicted octanol–water partition coefficient (Wildman–Crippen LogP) is 2.54. The summed E-state index contributed by atoms with van der Waals surface area (Å²) in [5, 5.41) is 4.40. The highest BCUT2D eigenvalue weighted by molar-refractivity contribution is 7.14. The van der Waals surface area contributed by atoms with Gasteiger partial charge in [0.15, 0.2) is 6.10 Å². The summed E-state index contributed by atoms with van der Waals surface area (Å²) in [7, 11) is 0. The summed E-state index contributed by atoms with van der Waals surface area (Å²) in [5.41, 5.74) is 6.57. The summed E-state index contributed by atoms with van der Waals surface area (Å²) in [6, 6.07) is 1.49. The first kappa shape index (κ1) is 22.2. The molecule has 10 heteroatoms. The zero-order valence-electron chi connectivity index (χ0n) is 16.7. The maximum absolute atomic E-state index is 12.5. The van der Waals surface area contributed by atoms with Crippen molar-refractivity contribution < 1.29 is 28.7 Å². The topological polar surface area (TPSA) is 141 Å². The molecule has 29 heavy (non-hydrogen) atoms. The smallest absolute Gasteiger partial charge is 0.355 e. The number of aryl methyl sites for hydroxylation is 1. The Kier molecular flexibility index (Phi) is 6.80. The molecular formula is C19H23N3O6S. The van der Waals surface area contributed by atoms with E-state index in [9.17, 15) is 19.2 Å². The Labute approximate surface area is 171 Å². The third-order valence-electron chi connectivity index (χ3n) is 4.01. The number of carbonyl (C=O) groups is 4. The zero-order valence-corrected chi connectivity index (χ0v) is 17.6. The second-order valence-electron chi connectivity index (χ2n) is 6.64. The van der Waals surface area contributed by atoms with Gasteiger partial charge in [-0.25, -0.2) is 9.59 Å². The highest BCUT2D eigenvalue weighted by Crippen LogP contribution is 2.24. The number of hydrogen-bond donors (Lipinski definition) is 3. The Morgan fingerprint density at radius 2 is 1.76 bits per heavy atom. The lowest BCUT2D eigenvalue weighted by molar-refractivity contribution is -0.123. The standard InChI is InChI=1S/C19H23N3O6S/c1-8(2)27-18(25)13-9(3)14(21-10(13)4)19(26)28-11(5)16(24)22-17-12(15(20)23)6-7-29-17/h6-8,11,21H,1-5H3,(H2,20,23)(H,22,24). The van der Waals surface area contributed by atoms with Crippen LogP contribution < -0.4 is 11.1 Å². The molecule has 156 valence electrons. The minimum atomic E-state index is -1.15. The minimum absolute atomic E-state index is 0.0619. The Balaban J connectivity index is 2.11. The summed E-state index contributed by atoms with van der Waals surface area (Å²) in [6.07, 6.45) is -1.46. The maximum Gasteiger partial charge on any atom is 0.355 e. The number of amides is 2. The van der Waals surface area contributed by atoms with E-state index in [4.69, 9.17) is 15.2 Å². The zero-order chi connectivity index (χ0) is 21.9. The number of ether oxygens (including phenoxy) is 2. The van der Waals surface area contributed by atoms with Gasteiger partial charge in [-0.2, -0.15) is 0 Å². The molecule has 2 aromatic rings. The van der Waals surface area contributed by atoms with Crippen molar-refractivity contribution in [1.29, 1.82) is 0 Å². The van der Waals surface area contributed by atoms with Crippen molar-refractivity contribution in [3.05, 3.63) is 39.5 Å². The average Bonchev–Trinajstić information content (AvgIpc) is 3.18. The van der Waals surface area contributed by atoms with E-state index in [1.54, 1.807) is 33.1 Å². The second kappa shape index (κ2) is 8.91. The summed E-state index contributed by atoms with van der Waals surface area (Å²) < 4.78 is 10.4. The van der Waals surface area contributed by atoms with Crippen molar-refractivity contribution in [2.45, 2.75) is 46.8 Å². The van der Waals surface area contributed by atoms with Crippen LogP contribution in [0.25, 0.3) is 0 Å². The van der Waals surface area contributed by atoms with Crippen molar-refractivity contribution in [1.82, 2.24) is 4.98 Å². The molecule has 1 unspecified atom stereocenters. The van der Waals surface area contributed by atoms with E-state index in [1.165, 1.54) is 13.0 Å². The molecule has 0 aromatic carbocycles. The molecule has 4 N–H and O–H groups in total. The molecule has 2 amide bonds. The van der Waals surface area contributed by atoms with Gasteiger partial charge in [0, 0.05) is 5.69 Å². The Morgan fingerprint density at radius 1 is 1.10 bits per heavy atom. The van der Waals surface area contributed by atoms with Crippen LogP contribution in [-0.2, 0) is 14.3 Å². The molecule has 2 rings (SSSR count). The van der Waals surface area contributed by atoms with Crippen molar-refractivity contribution in [2.24, 2.45) is 5.73 Å². The van der Waals surface area contributed by atoms with Crippen LogP contribution in [0.2, 0.25) is 0 Å².